The molecule has 8 aromatic heterocycles. The second-order valence-corrected chi connectivity index (χ2v) is 39.8. The largest absolute Gasteiger partial charge is 0.502 e. The number of carbonyl (C=O) groups excluding carboxylic acids is 4. The average Bonchev–Trinajstić information content (AvgIpc) is 1.32. The zero-order chi connectivity index (χ0) is 98.2. The molecule has 0 unspecified atom stereocenters. The number of morpholine rings is 4. The Morgan fingerprint density at radius 1 is 0.264 bits per heavy atom. The molecule has 16 aromatic rings. The molecular weight excluding hydrogens is 1930 g/mol. The number of amides is 4. The first-order valence-electron chi connectivity index (χ1n) is 46.5. The normalized spacial score (nSPS) is 20.1. The van der Waals surface area contributed by atoms with Gasteiger partial charge in [-0.3, -0.25) is 77.1 Å². The summed E-state index contributed by atoms with van der Waals surface area (Å²) < 4.78 is 89.9. The Balaban J connectivity index is 0.000000101. The Kier molecular flexibility index (Phi) is 21.8. The molecule has 4 fully saturated rings. The molecule has 4 aliphatic carbocycles. The first-order chi connectivity index (χ1) is 70.2. The van der Waals surface area contributed by atoms with Gasteiger partial charge in [0.05, 0.1) is 77.0 Å². The Hall–Kier alpha value is -15.8. The van der Waals surface area contributed by atoms with Crippen LogP contribution in [0.25, 0.3) is 86.3 Å². The third-order valence-electron chi connectivity index (χ3n) is 28.8. The SMILES string of the molecule is O=C1c2c(O)c(=O)ccn2N([C@@H]2c3ccc(F)cc3-c3ccsc3-c3ccccc32)[C@@H]2COCCN12.O=C1c2c(O)c(=O)ccn2N([C@@H]2c3ccccc3-c3sccc3-c3c(F)cccc32)[C@@H]2COCCN12.O=C1c2c(O)c(=O)ccn2N([C@H]2c3ccc(F)cc3-c3ccsc3-c3ccccc32)[C@@H]2COCCN12.O=C1c2c(O)c(=O)ccn2N([C@H]2c3ccccc3-c3sccc3-c3c(F)cccc32)[C@@H]2COCCN12. The van der Waals surface area contributed by atoms with E-state index in [0.29, 0.717) is 63.7 Å². The van der Waals surface area contributed by atoms with Crippen molar-refractivity contribution in [3.05, 3.63) is 396 Å². The number of nitrogens with zero attached hydrogens (tertiary/aromatic N) is 12. The molecule has 28 nitrogen and oxygen atoms in total. The van der Waals surface area contributed by atoms with Crippen molar-refractivity contribution in [2.75, 3.05) is 99.1 Å². The number of pyridine rings is 4. The Bertz CT molecular complexity index is 7880. The highest BCUT2D eigenvalue weighted by Gasteiger charge is 2.53. The van der Waals surface area contributed by atoms with Crippen molar-refractivity contribution in [3.63, 3.8) is 0 Å². The van der Waals surface area contributed by atoms with Crippen LogP contribution < -0.4 is 41.8 Å². The monoisotopic (exact) mass is 2000 g/mol. The van der Waals surface area contributed by atoms with E-state index in [1.807, 2.05) is 175 Å². The predicted molar refractivity (Wildman–Crippen MR) is 533 cm³/mol. The van der Waals surface area contributed by atoms with E-state index in [2.05, 4.69) is 0 Å². The Morgan fingerprint density at radius 3 is 0.806 bits per heavy atom. The lowest BCUT2D eigenvalue weighted by molar-refractivity contribution is -0.0197. The number of aromatic hydroxyl groups is 4. The minimum Gasteiger partial charge on any atom is -0.502 e. The van der Waals surface area contributed by atoms with Gasteiger partial charge < -0.3 is 59.0 Å². The molecule has 144 heavy (non-hydrogen) atoms. The summed E-state index contributed by atoms with van der Waals surface area (Å²) in [5.74, 6) is -5.43. The summed E-state index contributed by atoms with van der Waals surface area (Å²) in [5, 5.41) is 58.6. The van der Waals surface area contributed by atoms with Crippen molar-refractivity contribution < 1.29 is 76.1 Å². The van der Waals surface area contributed by atoms with E-state index >= 15 is 8.78 Å². The van der Waals surface area contributed by atoms with Gasteiger partial charge in [-0.25, -0.2) is 17.6 Å². The van der Waals surface area contributed by atoms with Gasteiger partial charge in [0.2, 0.25) is 21.7 Å². The highest BCUT2D eigenvalue weighted by atomic mass is 32.1. The molecule has 28 rings (SSSR count). The van der Waals surface area contributed by atoms with Gasteiger partial charge in [0, 0.05) is 128 Å². The van der Waals surface area contributed by atoms with Crippen LogP contribution in [0.3, 0.4) is 0 Å². The molecule has 36 heteroatoms. The van der Waals surface area contributed by atoms with E-state index in [0.717, 1.165) is 120 Å². The highest BCUT2D eigenvalue weighted by molar-refractivity contribution is 7.15. The van der Waals surface area contributed by atoms with Gasteiger partial charge >= 0.3 is 0 Å². The van der Waals surface area contributed by atoms with Crippen LogP contribution in [0, 0.1) is 23.3 Å². The summed E-state index contributed by atoms with van der Waals surface area (Å²) in [6, 6.07) is 62.4. The molecule has 0 saturated carbocycles. The summed E-state index contributed by atoms with van der Waals surface area (Å²) in [6.07, 6.45) is 3.96. The van der Waals surface area contributed by atoms with Crippen LogP contribution in [0.15, 0.2) is 284 Å². The molecule has 720 valence electrons. The predicted octanol–water partition coefficient (Wildman–Crippen LogP) is 15.8. The number of aromatic nitrogens is 4. The fourth-order valence-electron chi connectivity index (χ4n) is 22.7. The summed E-state index contributed by atoms with van der Waals surface area (Å²) in [4.78, 5) is 114. The maximum absolute atomic E-state index is 15.6. The molecule has 0 bridgehead atoms. The molecule has 16 heterocycles. The first-order valence-corrected chi connectivity index (χ1v) is 50.0. The molecule has 12 aliphatic rings. The molecular formula is C108H80F4N12O16S4. The van der Waals surface area contributed by atoms with Crippen LogP contribution in [0.2, 0.25) is 0 Å². The number of hydrogen-bond donors (Lipinski definition) is 4. The van der Waals surface area contributed by atoms with E-state index in [9.17, 15) is 67.6 Å². The van der Waals surface area contributed by atoms with Crippen LogP contribution >= 0.6 is 45.3 Å². The van der Waals surface area contributed by atoms with Crippen molar-refractivity contribution in [2.24, 2.45) is 0 Å². The molecule has 4 N–H and O–H groups in total. The molecule has 8 atom stereocenters. The summed E-state index contributed by atoms with van der Waals surface area (Å²) in [5.41, 5.74) is 14.1. The minimum atomic E-state index is -0.629. The molecule has 8 aliphatic heterocycles. The van der Waals surface area contributed by atoms with Crippen molar-refractivity contribution in [2.45, 2.75) is 48.8 Å². The topological polar surface area (TPSA) is 300 Å². The average molecular weight is 2010 g/mol. The minimum absolute atomic E-state index is 0.0826. The lowest BCUT2D eigenvalue weighted by atomic mass is 9.92. The third kappa shape index (κ3) is 13.8. The van der Waals surface area contributed by atoms with Gasteiger partial charge in [-0.15, -0.1) is 45.3 Å². The van der Waals surface area contributed by atoms with Crippen LogP contribution in [0.4, 0.5) is 17.6 Å². The third-order valence-corrected chi connectivity index (χ3v) is 32.6. The highest BCUT2D eigenvalue weighted by Crippen LogP contribution is 2.57. The second kappa shape index (κ2) is 35.1. The fourth-order valence-corrected chi connectivity index (χ4v) is 26.5. The van der Waals surface area contributed by atoms with Crippen molar-refractivity contribution in [1.29, 1.82) is 0 Å². The number of benzene rings is 8. The van der Waals surface area contributed by atoms with Crippen molar-refractivity contribution in [1.82, 2.24) is 38.3 Å². The second-order valence-electron chi connectivity index (χ2n) is 36.1. The number of thiophene rings is 4. The smallest absolute Gasteiger partial charge is 0.278 e. The Labute approximate surface area is 831 Å². The van der Waals surface area contributed by atoms with Gasteiger partial charge in [0.1, 0.15) is 47.9 Å². The number of ether oxygens (including phenoxy) is 4. The maximum atomic E-state index is 15.6. The summed E-state index contributed by atoms with van der Waals surface area (Å²) >= 11 is 6.29. The summed E-state index contributed by atoms with van der Waals surface area (Å²) in [6.45, 7) is 3.59. The molecule has 0 radical (unpaired) electrons. The van der Waals surface area contributed by atoms with Gasteiger partial charge in [-0.1, -0.05) is 133 Å². The molecule has 8 aromatic carbocycles. The quantitative estimate of drug-likeness (QED) is 0.119. The zero-order valence-electron chi connectivity index (χ0n) is 75.7. The molecule has 4 amide bonds. The fraction of sp³-hybridized carbons (Fsp3) is 0.185. The van der Waals surface area contributed by atoms with Crippen LogP contribution in [-0.4, -0.2) is 186 Å². The lowest BCUT2D eigenvalue weighted by Crippen LogP contribution is -2.66. The van der Waals surface area contributed by atoms with Gasteiger partial charge in [-0.05, 0) is 160 Å². The van der Waals surface area contributed by atoms with Crippen molar-refractivity contribution >= 4 is 69.0 Å². The van der Waals surface area contributed by atoms with Crippen LogP contribution in [0.5, 0.6) is 23.0 Å². The number of rotatable bonds is 4. The molecule has 0 spiro atoms. The van der Waals surface area contributed by atoms with Gasteiger partial charge in [-0.2, -0.15) is 0 Å². The summed E-state index contributed by atoms with van der Waals surface area (Å²) in [7, 11) is 0. The zero-order valence-corrected chi connectivity index (χ0v) is 79.0. The Morgan fingerprint density at radius 2 is 0.514 bits per heavy atom. The van der Waals surface area contributed by atoms with E-state index in [1.165, 1.54) is 73.3 Å². The van der Waals surface area contributed by atoms with Crippen LogP contribution in [0.1, 0.15) is 111 Å². The van der Waals surface area contributed by atoms with E-state index in [-0.39, 0.29) is 72.5 Å². The standard InChI is InChI=1S/4C27H20FN3O4S/c2*28-19-7-3-6-17-22(19)18-9-13-36-26(18)16-5-2-1-4-15(16)23(17)31-21-14-35-12-11-29(21)27(34)24-25(33)20(32)8-10-30(24)31;2*28-15-5-6-17-20(13-15)19-8-12-36-26(19)18-4-2-1-3-16(18)23(17)31-22-14-35-11-10-29(22)27(34)24-25(33)21(32)7-9-30(24)31/h2*1-10,13,21,23,33H,11-12,14H2;2*1-9,12-13,22-23,33H,10-11,14H2/t21-,23+;21-,23-;22-,23+;22-,23-/m1111/s1. The first kappa shape index (κ1) is 89.5. The van der Waals surface area contributed by atoms with E-state index in [4.69, 9.17) is 18.9 Å². The number of fused-ring (bicyclic) bond motifs is 28. The van der Waals surface area contributed by atoms with E-state index < -0.39 is 117 Å². The van der Waals surface area contributed by atoms with Crippen molar-refractivity contribution in [3.8, 4) is 109 Å². The van der Waals surface area contributed by atoms with Gasteiger partial charge in [0.15, 0.2) is 45.8 Å². The maximum Gasteiger partial charge on any atom is 0.278 e. The molecule has 4 saturated heterocycles. The number of halogens is 4. The van der Waals surface area contributed by atoms with E-state index in [1.54, 1.807) is 120 Å². The number of carbonyl (C=O) groups is 4. The lowest BCUT2D eigenvalue weighted by Gasteiger charge is -2.51. The number of hydrogen-bond acceptors (Lipinski definition) is 24. The van der Waals surface area contributed by atoms with Gasteiger partial charge in [0.25, 0.3) is 23.6 Å². The van der Waals surface area contributed by atoms with Crippen LogP contribution in [-0.2, 0) is 18.9 Å².